The second-order valence-corrected chi connectivity index (χ2v) is 7.89. The predicted octanol–water partition coefficient (Wildman–Crippen LogP) is 4.80. The minimum Gasteiger partial charge on any atom is -0.507 e. The number of carbonyl (C=O) groups is 3. The van der Waals surface area contributed by atoms with Gasteiger partial charge in [0, 0.05) is 25.0 Å². The van der Waals surface area contributed by atoms with Crippen molar-refractivity contribution in [1.82, 2.24) is 0 Å². The van der Waals surface area contributed by atoms with E-state index < -0.39 is 23.3 Å². The molecule has 0 radical (unpaired) electrons. The van der Waals surface area contributed by atoms with E-state index in [1.54, 1.807) is 13.0 Å². The molecular weight excluding hydrogens is 428 g/mol. The van der Waals surface area contributed by atoms with Crippen molar-refractivity contribution < 1.29 is 39.2 Å². The van der Waals surface area contributed by atoms with Crippen molar-refractivity contribution in [2.24, 2.45) is 0 Å². The lowest BCUT2D eigenvalue weighted by Crippen LogP contribution is -2.13. The fourth-order valence-electron chi connectivity index (χ4n) is 3.61. The average Bonchev–Trinajstić information content (AvgIpc) is 2.72. The largest absolute Gasteiger partial charge is 0.507 e. The third kappa shape index (κ3) is 6.97. The number of ether oxygens (including phenoxy) is 2. The number of phenolic OH excluding ortho intramolecular Hbond substituents is 1. The number of aryl methyl sites for hydroxylation is 1. The third-order valence-electron chi connectivity index (χ3n) is 5.27. The topological polar surface area (TPSA) is 130 Å². The number of methoxy groups -OCH3 is 1. The van der Waals surface area contributed by atoms with Gasteiger partial charge in [0.1, 0.15) is 39.9 Å². The smallest absolute Gasteiger partial charge is 0.347 e. The van der Waals surface area contributed by atoms with Gasteiger partial charge < -0.3 is 24.8 Å². The van der Waals surface area contributed by atoms with Gasteiger partial charge in [-0.05, 0) is 36.6 Å². The highest BCUT2D eigenvalue weighted by Crippen LogP contribution is 2.32. The van der Waals surface area contributed by atoms with Crippen molar-refractivity contribution in [2.75, 3.05) is 7.11 Å². The standard InChI is InChI=1S/C25H30O8/c1-4-5-6-7-8-9-17(26)11-16-12-19(14-21(28)23(16)24(29)30)33-25(31)22-15(2)10-18(32-3)13-20(22)27/h10,12-14,27-28H,4-9,11H2,1-3H3,(H,29,30). The van der Waals surface area contributed by atoms with Crippen LogP contribution in [0.5, 0.6) is 23.0 Å². The number of hydrogen-bond donors (Lipinski definition) is 3. The molecule has 2 rings (SSSR count). The highest BCUT2D eigenvalue weighted by Gasteiger charge is 2.23. The Labute approximate surface area is 192 Å². The first kappa shape index (κ1) is 25.7. The molecule has 0 aromatic heterocycles. The number of aromatic carboxylic acids is 1. The van der Waals surface area contributed by atoms with Crippen LogP contribution in [0.3, 0.4) is 0 Å². The zero-order valence-electron chi connectivity index (χ0n) is 19.1. The van der Waals surface area contributed by atoms with Crippen LogP contribution in [0, 0.1) is 6.92 Å². The van der Waals surface area contributed by atoms with E-state index in [4.69, 9.17) is 9.47 Å². The molecule has 8 nitrogen and oxygen atoms in total. The molecule has 0 bridgehead atoms. The Hall–Kier alpha value is -3.55. The summed E-state index contributed by atoms with van der Waals surface area (Å²) < 4.78 is 10.3. The van der Waals surface area contributed by atoms with E-state index in [0.717, 1.165) is 31.7 Å². The zero-order chi connectivity index (χ0) is 24.5. The summed E-state index contributed by atoms with van der Waals surface area (Å²) in [6.07, 6.45) is 4.94. The minimum atomic E-state index is -1.39. The fraction of sp³-hybridized carbons (Fsp3) is 0.400. The van der Waals surface area contributed by atoms with Crippen LogP contribution in [0.1, 0.15) is 77.3 Å². The molecule has 0 aliphatic carbocycles. The van der Waals surface area contributed by atoms with Crippen molar-refractivity contribution in [3.8, 4) is 23.0 Å². The van der Waals surface area contributed by atoms with E-state index in [0.29, 0.717) is 24.2 Å². The molecule has 0 saturated heterocycles. The molecule has 0 amide bonds. The molecule has 33 heavy (non-hydrogen) atoms. The van der Waals surface area contributed by atoms with Crippen LogP contribution in [-0.4, -0.2) is 40.2 Å². The van der Waals surface area contributed by atoms with Gasteiger partial charge in [-0.3, -0.25) is 4.79 Å². The summed E-state index contributed by atoms with van der Waals surface area (Å²) in [7, 11) is 1.42. The first-order chi connectivity index (χ1) is 15.7. The molecule has 0 atom stereocenters. The minimum absolute atomic E-state index is 0.0551. The summed E-state index contributed by atoms with van der Waals surface area (Å²) in [5.41, 5.74) is -0.0406. The van der Waals surface area contributed by atoms with Crippen LogP contribution >= 0.6 is 0 Å². The van der Waals surface area contributed by atoms with E-state index >= 15 is 0 Å². The molecule has 3 N–H and O–H groups in total. The van der Waals surface area contributed by atoms with Crippen molar-refractivity contribution in [2.45, 2.75) is 58.8 Å². The maximum absolute atomic E-state index is 12.7. The van der Waals surface area contributed by atoms with Crippen LogP contribution in [0.15, 0.2) is 24.3 Å². The number of Topliss-reactive ketones (excluding diaryl/α,β-unsaturated/α-hetero) is 1. The van der Waals surface area contributed by atoms with E-state index in [-0.39, 0.29) is 34.8 Å². The van der Waals surface area contributed by atoms with Gasteiger partial charge in [0.25, 0.3) is 0 Å². The highest BCUT2D eigenvalue weighted by molar-refractivity contribution is 5.97. The summed E-state index contributed by atoms with van der Waals surface area (Å²) in [6, 6.07) is 5.06. The number of esters is 1. The van der Waals surface area contributed by atoms with Crippen LogP contribution in [-0.2, 0) is 11.2 Å². The Balaban J connectivity index is 2.24. The van der Waals surface area contributed by atoms with Gasteiger partial charge in [-0.15, -0.1) is 0 Å². The van der Waals surface area contributed by atoms with Crippen molar-refractivity contribution in [1.29, 1.82) is 0 Å². The van der Waals surface area contributed by atoms with Crippen LogP contribution in [0.25, 0.3) is 0 Å². The molecule has 0 aliphatic rings. The van der Waals surface area contributed by atoms with E-state index in [2.05, 4.69) is 6.92 Å². The number of aromatic hydroxyl groups is 2. The number of ketones is 1. The van der Waals surface area contributed by atoms with Gasteiger partial charge >= 0.3 is 11.9 Å². The molecule has 0 fully saturated rings. The number of carboxylic acid groups (broad SMARTS) is 1. The predicted molar refractivity (Wildman–Crippen MR) is 122 cm³/mol. The highest BCUT2D eigenvalue weighted by atomic mass is 16.5. The van der Waals surface area contributed by atoms with Crippen molar-refractivity contribution in [3.05, 3.63) is 46.5 Å². The fourth-order valence-corrected chi connectivity index (χ4v) is 3.61. The number of rotatable bonds is 12. The molecule has 178 valence electrons. The lowest BCUT2D eigenvalue weighted by Gasteiger charge is -2.13. The SMILES string of the molecule is CCCCCCCC(=O)Cc1cc(OC(=O)c2c(C)cc(OC)cc2O)cc(O)c1C(=O)O. The first-order valence-corrected chi connectivity index (χ1v) is 10.9. The number of unbranched alkanes of at least 4 members (excludes halogenated alkanes) is 4. The van der Waals surface area contributed by atoms with Crippen molar-refractivity contribution in [3.63, 3.8) is 0 Å². The van der Waals surface area contributed by atoms with Crippen LogP contribution in [0.4, 0.5) is 0 Å². The quantitative estimate of drug-likeness (QED) is 0.235. The third-order valence-corrected chi connectivity index (χ3v) is 5.27. The monoisotopic (exact) mass is 458 g/mol. The molecule has 0 unspecified atom stereocenters. The maximum Gasteiger partial charge on any atom is 0.347 e. The number of carbonyl (C=O) groups excluding carboxylic acids is 2. The molecule has 0 aliphatic heterocycles. The lowest BCUT2D eigenvalue weighted by molar-refractivity contribution is -0.118. The van der Waals surface area contributed by atoms with E-state index in [9.17, 15) is 29.7 Å². The summed E-state index contributed by atoms with van der Waals surface area (Å²) in [4.78, 5) is 36.7. The van der Waals surface area contributed by atoms with Crippen LogP contribution in [0.2, 0.25) is 0 Å². The molecule has 2 aromatic carbocycles. The number of hydrogen-bond acceptors (Lipinski definition) is 7. The Bertz CT molecular complexity index is 1000. The van der Waals surface area contributed by atoms with Gasteiger partial charge in [-0.25, -0.2) is 9.59 Å². The first-order valence-electron chi connectivity index (χ1n) is 10.9. The Kier molecular flexibility index (Phi) is 9.27. The number of phenols is 2. The Morgan fingerprint density at radius 3 is 2.12 bits per heavy atom. The van der Waals surface area contributed by atoms with Gasteiger partial charge in [0.05, 0.1) is 7.11 Å². The summed E-state index contributed by atoms with van der Waals surface area (Å²) in [5, 5.41) is 29.9. The average molecular weight is 459 g/mol. The number of benzene rings is 2. The van der Waals surface area contributed by atoms with Crippen molar-refractivity contribution >= 4 is 17.7 Å². The van der Waals surface area contributed by atoms with Gasteiger partial charge in [0.2, 0.25) is 0 Å². The lowest BCUT2D eigenvalue weighted by atomic mass is 9.98. The summed E-state index contributed by atoms with van der Waals surface area (Å²) >= 11 is 0. The maximum atomic E-state index is 12.7. The van der Waals surface area contributed by atoms with Gasteiger partial charge in [-0.1, -0.05) is 32.6 Å². The molecule has 0 heterocycles. The van der Waals surface area contributed by atoms with Crippen LogP contribution < -0.4 is 9.47 Å². The Morgan fingerprint density at radius 2 is 1.52 bits per heavy atom. The van der Waals surface area contributed by atoms with E-state index in [1.807, 2.05) is 0 Å². The summed E-state index contributed by atoms with van der Waals surface area (Å²) in [6.45, 7) is 3.69. The second-order valence-electron chi connectivity index (χ2n) is 7.89. The number of carboxylic acids is 1. The molecule has 8 heteroatoms. The van der Waals surface area contributed by atoms with Gasteiger partial charge in [0.15, 0.2) is 0 Å². The summed E-state index contributed by atoms with van der Waals surface area (Å²) in [5.74, 6) is -3.19. The normalized spacial score (nSPS) is 10.6. The molecule has 0 spiro atoms. The molecule has 0 saturated carbocycles. The molecular formula is C25H30O8. The Morgan fingerprint density at radius 1 is 0.879 bits per heavy atom. The second kappa shape index (κ2) is 11.9. The zero-order valence-corrected chi connectivity index (χ0v) is 19.1. The van der Waals surface area contributed by atoms with Gasteiger partial charge in [-0.2, -0.15) is 0 Å². The molecule has 2 aromatic rings. The van der Waals surface area contributed by atoms with E-state index in [1.165, 1.54) is 19.2 Å².